The molecule has 5 nitrogen and oxygen atoms in total. The smallest absolute Gasteiger partial charge is 0.243 e. The molecule has 0 aromatic heterocycles. The number of nitrogens with zero attached hydrogens (tertiary/aromatic N) is 1. The van der Waals surface area contributed by atoms with E-state index < -0.39 is 16.1 Å². The molecule has 2 aromatic carbocycles. The Labute approximate surface area is 197 Å². The van der Waals surface area contributed by atoms with E-state index in [1.807, 2.05) is 6.07 Å². The Kier molecular flexibility index (Phi) is 9.63. The van der Waals surface area contributed by atoms with Crippen LogP contribution in [0.5, 0.6) is 0 Å². The zero-order valence-corrected chi connectivity index (χ0v) is 20.5. The Hall–Kier alpha value is -1.12. The number of rotatable bonds is 10. The largest absolute Gasteiger partial charge is 0.353 e. The Morgan fingerprint density at radius 2 is 1.73 bits per heavy atom. The van der Waals surface area contributed by atoms with Crippen molar-refractivity contribution >= 4 is 68.2 Å². The summed E-state index contributed by atoms with van der Waals surface area (Å²) in [5.74, 6) is 0.993. The van der Waals surface area contributed by atoms with Gasteiger partial charge in [-0.1, -0.05) is 47.8 Å². The van der Waals surface area contributed by atoms with Gasteiger partial charge >= 0.3 is 0 Å². The first kappa shape index (κ1) is 25.1. The molecule has 164 valence electrons. The van der Waals surface area contributed by atoms with Crippen LogP contribution in [0.2, 0.25) is 15.1 Å². The minimum absolute atomic E-state index is 0.328. The van der Waals surface area contributed by atoms with Crippen molar-refractivity contribution in [3.63, 3.8) is 0 Å². The average Bonchev–Trinajstić information content (AvgIpc) is 2.67. The first-order chi connectivity index (χ1) is 14.1. The molecule has 0 saturated heterocycles. The molecule has 0 heterocycles. The predicted octanol–water partition coefficient (Wildman–Crippen LogP) is 5.24. The van der Waals surface area contributed by atoms with Crippen molar-refractivity contribution in [3.8, 4) is 0 Å². The molecule has 0 spiro atoms. The number of halogens is 3. The summed E-state index contributed by atoms with van der Waals surface area (Å²) >= 11 is 19.6. The van der Waals surface area contributed by atoms with Crippen molar-refractivity contribution in [1.29, 1.82) is 0 Å². The highest BCUT2D eigenvalue weighted by Crippen LogP contribution is 2.25. The van der Waals surface area contributed by atoms with Gasteiger partial charge < -0.3 is 5.32 Å². The summed E-state index contributed by atoms with van der Waals surface area (Å²) in [6, 6.07) is 10.9. The third-order valence-electron chi connectivity index (χ3n) is 4.23. The summed E-state index contributed by atoms with van der Waals surface area (Å²) in [5, 5.41) is 4.51. The molecule has 30 heavy (non-hydrogen) atoms. The van der Waals surface area contributed by atoms with Crippen LogP contribution in [0.1, 0.15) is 18.9 Å². The number of amides is 1. The van der Waals surface area contributed by atoms with E-state index in [4.69, 9.17) is 34.8 Å². The van der Waals surface area contributed by atoms with E-state index in [9.17, 15) is 13.2 Å². The van der Waals surface area contributed by atoms with E-state index in [1.54, 1.807) is 55.1 Å². The lowest BCUT2D eigenvalue weighted by Crippen LogP contribution is -2.49. The molecule has 1 N–H and O–H groups in total. The minimum Gasteiger partial charge on any atom is -0.353 e. The van der Waals surface area contributed by atoms with Gasteiger partial charge in [0.05, 0.1) is 11.9 Å². The summed E-state index contributed by atoms with van der Waals surface area (Å²) in [4.78, 5) is 12.7. The summed E-state index contributed by atoms with van der Waals surface area (Å²) in [6.45, 7) is 2.18. The summed E-state index contributed by atoms with van der Waals surface area (Å²) in [5.41, 5.74) is 1.37. The third kappa shape index (κ3) is 7.24. The number of sulfonamides is 1. The van der Waals surface area contributed by atoms with E-state index >= 15 is 0 Å². The third-order valence-corrected chi connectivity index (χ3v) is 7.26. The van der Waals surface area contributed by atoms with E-state index in [0.29, 0.717) is 45.2 Å². The van der Waals surface area contributed by atoms with Gasteiger partial charge in [-0.2, -0.15) is 11.8 Å². The lowest BCUT2D eigenvalue weighted by atomic mass is 10.2. The molecule has 0 aliphatic carbocycles. The summed E-state index contributed by atoms with van der Waals surface area (Å²) in [7, 11) is -3.67. The molecule has 0 bridgehead atoms. The van der Waals surface area contributed by atoms with Crippen molar-refractivity contribution < 1.29 is 13.2 Å². The van der Waals surface area contributed by atoms with Crippen molar-refractivity contribution in [2.45, 2.75) is 25.1 Å². The molecule has 0 unspecified atom stereocenters. The van der Waals surface area contributed by atoms with Crippen molar-refractivity contribution in [3.05, 3.63) is 63.1 Å². The van der Waals surface area contributed by atoms with Crippen molar-refractivity contribution in [1.82, 2.24) is 5.32 Å². The van der Waals surface area contributed by atoms with Gasteiger partial charge in [0, 0.05) is 33.1 Å². The first-order valence-electron chi connectivity index (χ1n) is 9.17. The molecule has 1 atom stereocenters. The molecule has 0 aliphatic heterocycles. The second-order valence-corrected chi connectivity index (χ2v) is 10.8. The molecule has 2 rings (SSSR count). The maximum Gasteiger partial charge on any atom is 0.243 e. The van der Waals surface area contributed by atoms with Gasteiger partial charge in [-0.05, 0) is 48.4 Å². The molecule has 10 heteroatoms. The number of anilines is 1. The van der Waals surface area contributed by atoms with Crippen molar-refractivity contribution in [2.75, 3.05) is 22.9 Å². The fraction of sp³-hybridized carbons (Fsp3) is 0.350. The highest BCUT2D eigenvalue weighted by molar-refractivity contribution is 7.98. The highest BCUT2D eigenvalue weighted by atomic mass is 35.5. The van der Waals surface area contributed by atoms with Crippen LogP contribution in [-0.2, 0) is 20.6 Å². The number of carbonyl (C=O) groups is 1. The van der Waals surface area contributed by atoms with Gasteiger partial charge in [0.25, 0.3) is 0 Å². The quantitative estimate of drug-likeness (QED) is 0.445. The zero-order chi connectivity index (χ0) is 22.3. The molecule has 0 saturated carbocycles. The molecule has 1 amide bonds. The van der Waals surface area contributed by atoms with Gasteiger partial charge in [0.2, 0.25) is 15.9 Å². The fourth-order valence-electron chi connectivity index (χ4n) is 2.83. The maximum atomic E-state index is 12.7. The minimum atomic E-state index is -3.67. The Balaban J connectivity index is 1.96. The average molecular weight is 510 g/mol. The number of hydrogen-bond acceptors (Lipinski definition) is 4. The van der Waals surface area contributed by atoms with E-state index in [0.717, 1.165) is 16.1 Å². The second-order valence-electron chi connectivity index (χ2n) is 6.54. The highest BCUT2D eigenvalue weighted by Gasteiger charge is 2.31. The lowest BCUT2D eigenvalue weighted by molar-refractivity contribution is -0.122. The van der Waals surface area contributed by atoms with Gasteiger partial charge in [-0.25, -0.2) is 8.42 Å². The number of benzene rings is 2. The number of thioether (sulfide) groups is 1. The standard InChI is InChI=1S/C20H23Cl3N2O3S2/c1-3-19(25(30(2,27)28)17-8-6-15(21)7-9-17)20(26)24-10-11-29-13-14-4-5-16(22)12-18(14)23/h4-9,12,19H,3,10-11,13H2,1-2H3,(H,24,26)/t19-/m1/s1. The Bertz CT molecular complexity index is 970. The first-order valence-corrected chi connectivity index (χ1v) is 13.3. The molecular formula is C20H23Cl3N2O3S2. The van der Waals surface area contributed by atoms with Gasteiger partial charge in [0.15, 0.2) is 0 Å². The van der Waals surface area contributed by atoms with Crippen LogP contribution in [-0.4, -0.2) is 38.9 Å². The second kappa shape index (κ2) is 11.5. The van der Waals surface area contributed by atoms with Gasteiger partial charge in [0.1, 0.15) is 6.04 Å². The van der Waals surface area contributed by atoms with Crippen LogP contribution in [0.3, 0.4) is 0 Å². The number of nitrogens with one attached hydrogen (secondary N) is 1. The van der Waals surface area contributed by atoms with E-state index in [1.165, 1.54) is 0 Å². The zero-order valence-electron chi connectivity index (χ0n) is 16.6. The Morgan fingerprint density at radius 1 is 1.10 bits per heavy atom. The van der Waals surface area contributed by atoms with Crippen LogP contribution in [0.4, 0.5) is 5.69 Å². The number of hydrogen-bond donors (Lipinski definition) is 1. The molecule has 0 radical (unpaired) electrons. The maximum absolute atomic E-state index is 12.7. The molecular weight excluding hydrogens is 487 g/mol. The fourth-order valence-corrected chi connectivity index (χ4v) is 5.59. The molecule has 0 fully saturated rings. The van der Waals surface area contributed by atoms with Crippen LogP contribution < -0.4 is 9.62 Å². The SMILES string of the molecule is CC[C@H](C(=O)NCCSCc1ccc(Cl)cc1Cl)N(c1ccc(Cl)cc1)S(C)(=O)=O. The topological polar surface area (TPSA) is 66.5 Å². The Morgan fingerprint density at radius 3 is 2.30 bits per heavy atom. The van der Waals surface area contributed by atoms with Gasteiger partial charge in [-0.3, -0.25) is 9.10 Å². The van der Waals surface area contributed by atoms with Crippen LogP contribution in [0.15, 0.2) is 42.5 Å². The van der Waals surface area contributed by atoms with Gasteiger partial charge in [-0.15, -0.1) is 0 Å². The summed E-state index contributed by atoms with van der Waals surface area (Å²) < 4.78 is 25.9. The van der Waals surface area contributed by atoms with Crippen LogP contribution in [0, 0.1) is 0 Å². The lowest BCUT2D eigenvalue weighted by Gasteiger charge is -2.30. The van der Waals surface area contributed by atoms with Crippen LogP contribution in [0.25, 0.3) is 0 Å². The van der Waals surface area contributed by atoms with E-state index in [-0.39, 0.29) is 5.91 Å². The molecule has 0 aliphatic rings. The predicted molar refractivity (Wildman–Crippen MR) is 128 cm³/mol. The summed E-state index contributed by atoms with van der Waals surface area (Å²) in [6.07, 6.45) is 1.41. The number of carbonyl (C=O) groups excluding carboxylic acids is 1. The van der Waals surface area contributed by atoms with Crippen molar-refractivity contribution in [2.24, 2.45) is 0 Å². The normalized spacial score (nSPS) is 12.4. The molecule has 2 aromatic rings. The van der Waals surface area contributed by atoms with E-state index in [2.05, 4.69) is 5.32 Å². The monoisotopic (exact) mass is 508 g/mol. The van der Waals surface area contributed by atoms with Crippen LogP contribution >= 0.6 is 46.6 Å².